The zero-order valence-corrected chi connectivity index (χ0v) is 15.3. The van der Waals surface area contributed by atoms with Crippen LogP contribution in [0.15, 0.2) is 48.5 Å². The highest BCUT2D eigenvalue weighted by Crippen LogP contribution is 2.17. The normalized spacial score (nSPS) is 9.93. The van der Waals surface area contributed by atoms with Crippen LogP contribution in [0.4, 0.5) is 5.69 Å². The van der Waals surface area contributed by atoms with Crippen molar-refractivity contribution in [1.82, 2.24) is 5.32 Å². The fourth-order valence-electron chi connectivity index (χ4n) is 2.48. The second-order valence-electron chi connectivity index (χ2n) is 6.03. The summed E-state index contributed by atoms with van der Waals surface area (Å²) in [6.07, 6.45) is 0.761. The number of carbonyl (C=O) groups is 2. The number of anilines is 1. The summed E-state index contributed by atoms with van der Waals surface area (Å²) in [6.45, 7) is 2.76. The summed E-state index contributed by atoms with van der Waals surface area (Å²) in [7, 11) is 0. The fourth-order valence-corrected chi connectivity index (χ4v) is 2.48. The van der Waals surface area contributed by atoms with E-state index in [9.17, 15) is 9.59 Å². The third kappa shape index (κ3) is 6.83. The van der Waals surface area contributed by atoms with Crippen LogP contribution in [0, 0.1) is 18.3 Å². The summed E-state index contributed by atoms with van der Waals surface area (Å²) in [5.74, 6) is 0.381. The van der Waals surface area contributed by atoms with E-state index in [0.29, 0.717) is 31.7 Å². The molecule has 0 aromatic heterocycles. The van der Waals surface area contributed by atoms with Crippen molar-refractivity contribution in [2.24, 2.45) is 0 Å². The Bertz CT molecular complexity index is 827. The van der Waals surface area contributed by atoms with E-state index in [-0.39, 0.29) is 18.2 Å². The lowest BCUT2D eigenvalue weighted by Crippen LogP contribution is -2.24. The number of amides is 2. The van der Waals surface area contributed by atoms with Crippen LogP contribution >= 0.6 is 0 Å². The monoisotopic (exact) mass is 365 g/mol. The molecule has 2 aromatic carbocycles. The van der Waals surface area contributed by atoms with Gasteiger partial charge in [-0.15, -0.1) is 0 Å². The van der Waals surface area contributed by atoms with Gasteiger partial charge in [0.25, 0.3) is 0 Å². The quantitative estimate of drug-likeness (QED) is 0.667. The van der Waals surface area contributed by atoms with Crippen LogP contribution in [0.5, 0.6) is 5.75 Å². The van der Waals surface area contributed by atoms with Gasteiger partial charge in [-0.3, -0.25) is 9.59 Å². The summed E-state index contributed by atoms with van der Waals surface area (Å²) in [4.78, 5) is 23.6. The molecule has 0 bridgehead atoms. The van der Waals surface area contributed by atoms with Crippen molar-refractivity contribution in [3.8, 4) is 11.8 Å². The van der Waals surface area contributed by atoms with Crippen LogP contribution in [-0.2, 0) is 16.1 Å². The third-order valence-corrected chi connectivity index (χ3v) is 3.91. The largest absolute Gasteiger partial charge is 0.493 e. The molecule has 140 valence electrons. The zero-order valence-electron chi connectivity index (χ0n) is 15.3. The van der Waals surface area contributed by atoms with E-state index < -0.39 is 0 Å². The second-order valence-corrected chi connectivity index (χ2v) is 6.03. The topological polar surface area (TPSA) is 91.2 Å². The lowest BCUT2D eigenvalue weighted by Gasteiger charge is -2.12. The molecular formula is C21H23N3O3. The number of para-hydroxylation sites is 2. The number of hydrogen-bond acceptors (Lipinski definition) is 4. The molecule has 0 unspecified atom stereocenters. The van der Waals surface area contributed by atoms with Crippen molar-refractivity contribution in [3.05, 3.63) is 59.7 Å². The summed E-state index contributed by atoms with van der Waals surface area (Å²) >= 11 is 0. The van der Waals surface area contributed by atoms with Crippen LogP contribution in [0.3, 0.4) is 0 Å². The average molecular weight is 365 g/mol. The van der Waals surface area contributed by atoms with Crippen LogP contribution in [0.2, 0.25) is 0 Å². The molecule has 0 aliphatic rings. The van der Waals surface area contributed by atoms with E-state index in [1.54, 1.807) is 12.1 Å². The molecule has 0 radical (unpaired) electrons. The van der Waals surface area contributed by atoms with Crippen LogP contribution in [0.1, 0.15) is 30.4 Å². The number of nitrogens with one attached hydrogen (secondary N) is 2. The predicted molar refractivity (Wildman–Crippen MR) is 103 cm³/mol. The summed E-state index contributed by atoms with van der Waals surface area (Å²) in [5, 5.41) is 14.1. The molecule has 0 heterocycles. The molecule has 0 spiro atoms. The number of rotatable bonds is 9. The van der Waals surface area contributed by atoms with Crippen LogP contribution < -0.4 is 15.4 Å². The van der Waals surface area contributed by atoms with Gasteiger partial charge in [-0.2, -0.15) is 5.26 Å². The Balaban J connectivity index is 1.75. The first-order valence-electron chi connectivity index (χ1n) is 8.80. The summed E-state index contributed by atoms with van der Waals surface area (Å²) in [6, 6.07) is 16.8. The Morgan fingerprint density at radius 2 is 1.81 bits per heavy atom. The van der Waals surface area contributed by atoms with Gasteiger partial charge in [-0.05, 0) is 36.6 Å². The molecule has 2 N–H and O–H groups in total. The van der Waals surface area contributed by atoms with E-state index in [0.717, 1.165) is 16.9 Å². The number of nitrogens with zero attached hydrogens (tertiary/aromatic N) is 1. The van der Waals surface area contributed by atoms with E-state index in [1.807, 2.05) is 49.4 Å². The highest BCUT2D eigenvalue weighted by molar-refractivity contribution is 5.92. The maximum Gasteiger partial charge on any atom is 0.238 e. The Labute approximate surface area is 159 Å². The van der Waals surface area contributed by atoms with Gasteiger partial charge in [-0.1, -0.05) is 36.4 Å². The Hall–Kier alpha value is -3.33. The van der Waals surface area contributed by atoms with Gasteiger partial charge < -0.3 is 15.4 Å². The van der Waals surface area contributed by atoms with E-state index >= 15 is 0 Å². The lowest BCUT2D eigenvalue weighted by atomic mass is 10.1. The molecule has 2 amide bonds. The van der Waals surface area contributed by atoms with Gasteiger partial charge >= 0.3 is 0 Å². The molecule has 0 fully saturated rings. The van der Waals surface area contributed by atoms with Gasteiger partial charge in [0, 0.05) is 18.7 Å². The van der Waals surface area contributed by atoms with Crippen molar-refractivity contribution in [2.45, 2.75) is 32.7 Å². The lowest BCUT2D eigenvalue weighted by molar-refractivity contribution is -0.121. The SMILES string of the molecule is Cc1ccccc1OCCCC(=O)NCc1ccccc1NC(=O)CC#N. The number of benzene rings is 2. The van der Waals surface area contributed by atoms with E-state index in [2.05, 4.69) is 10.6 Å². The van der Waals surface area contributed by atoms with Crippen LogP contribution in [0.25, 0.3) is 0 Å². The van der Waals surface area contributed by atoms with Crippen molar-refractivity contribution >= 4 is 17.5 Å². The van der Waals surface area contributed by atoms with Crippen molar-refractivity contribution in [1.29, 1.82) is 5.26 Å². The smallest absolute Gasteiger partial charge is 0.238 e. The number of aryl methyl sites for hydroxylation is 1. The summed E-state index contributed by atoms with van der Waals surface area (Å²) in [5.41, 5.74) is 2.45. The zero-order chi connectivity index (χ0) is 19.5. The molecule has 2 aromatic rings. The molecule has 0 saturated carbocycles. The van der Waals surface area contributed by atoms with E-state index in [1.165, 1.54) is 0 Å². The Morgan fingerprint density at radius 1 is 1.07 bits per heavy atom. The predicted octanol–water partition coefficient (Wildman–Crippen LogP) is 3.32. The molecular weight excluding hydrogens is 342 g/mol. The van der Waals surface area contributed by atoms with Crippen molar-refractivity contribution in [3.63, 3.8) is 0 Å². The molecule has 0 atom stereocenters. The van der Waals surface area contributed by atoms with Gasteiger partial charge in [0.05, 0.1) is 12.7 Å². The second kappa shape index (κ2) is 10.6. The third-order valence-electron chi connectivity index (χ3n) is 3.91. The fraction of sp³-hybridized carbons (Fsp3) is 0.286. The standard InChI is InChI=1S/C21H23N3O3/c1-16-7-2-5-10-19(16)27-14-6-11-20(25)23-15-17-8-3-4-9-18(17)24-21(26)12-13-22/h2-5,7-10H,6,11-12,14-15H2,1H3,(H,23,25)(H,24,26). The van der Waals surface area contributed by atoms with Crippen molar-refractivity contribution in [2.75, 3.05) is 11.9 Å². The first-order chi connectivity index (χ1) is 13.1. The highest BCUT2D eigenvalue weighted by Gasteiger charge is 2.08. The average Bonchev–Trinajstić information content (AvgIpc) is 2.66. The van der Waals surface area contributed by atoms with Gasteiger partial charge in [0.1, 0.15) is 12.2 Å². The maximum absolute atomic E-state index is 12.0. The Morgan fingerprint density at radius 3 is 2.59 bits per heavy atom. The molecule has 6 nitrogen and oxygen atoms in total. The summed E-state index contributed by atoms with van der Waals surface area (Å²) < 4.78 is 5.68. The maximum atomic E-state index is 12.0. The molecule has 2 rings (SSSR count). The van der Waals surface area contributed by atoms with Crippen LogP contribution in [-0.4, -0.2) is 18.4 Å². The minimum absolute atomic E-state index is 0.0819. The number of nitriles is 1. The molecule has 27 heavy (non-hydrogen) atoms. The minimum atomic E-state index is -0.371. The first kappa shape index (κ1) is 20.0. The number of hydrogen-bond donors (Lipinski definition) is 2. The number of carbonyl (C=O) groups excluding carboxylic acids is 2. The first-order valence-corrected chi connectivity index (χ1v) is 8.80. The van der Waals surface area contributed by atoms with Crippen molar-refractivity contribution < 1.29 is 14.3 Å². The molecule has 0 aliphatic carbocycles. The van der Waals surface area contributed by atoms with Gasteiger partial charge in [0.15, 0.2) is 0 Å². The van der Waals surface area contributed by atoms with E-state index in [4.69, 9.17) is 10.00 Å². The van der Waals surface area contributed by atoms with Gasteiger partial charge in [-0.25, -0.2) is 0 Å². The Kier molecular flexibility index (Phi) is 7.86. The highest BCUT2D eigenvalue weighted by atomic mass is 16.5. The molecule has 0 saturated heterocycles. The molecule has 6 heteroatoms. The molecule has 0 aliphatic heterocycles. The minimum Gasteiger partial charge on any atom is -0.493 e. The van der Waals surface area contributed by atoms with Gasteiger partial charge in [0.2, 0.25) is 11.8 Å². The number of ether oxygens (including phenoxy) is 1.